The van der Waals surface area contributed by atoms with Gasteiger partial charge in [0, 0.05) is 17.3 Å². The lowest BCUT2D eigenvalue weighted by Gasteiger charge is -2.11. The Kier molecular flexibility index (Phi) is 2.94. The van der Waals surface area contributed by atoms with Crippen molar-refractivity contribution >= 4 is 28.0 Å². The minimum absolute atomic E-state index is 0.607. The van der Waals surface area contributed by atoms with Crippen LogP contribution >= 0.6 is 0 Å². The Morgan fingerprint density at radius 3 is 2.85 bits per heavy atom. The molecule has 4 nitrogen and oxygen atoms in total. The Morgan fingerprint density at radius 1 is 1.10 bits per heavy atom. The molecular weight excluding hydrogens is 248 g/mol. The molecule has 0 aliphatic rings. The van der Waals surface area contributed by atoms with Crippen molar-refractivity contribution in [1.82, 2.24) is 4.98 Å². The largest absolute Gasteiger partial charge is 0.396 e. The first-order valence-electron chi connectivity index (χ1n) is 6.18. The van der Waals surface area contributed by atoms with E-state index in [0.29, 0.717) is 11.3 Å². The predicted octanol–water partition coefficient (Wildman–Crippen LogP) is 3.43. The van der Waals surface area contributed by atoms with Gasteiger partial charge in [0.25, 0.3) is 0 Å². The van der Waals surface area contributed by atoms with Crippen LogP contribution in [-0.4, -0.2) is 4.98 Å². The van der Waals surface area contributed by atoms with Gasteiger partial charge in [-0.3, -0.25) is 4.98 Å². The molecule has 0 aliphatic carbocycles. The van der Waals surface area contributed by atoms with Gasteiger partial charge in [-0.1, -0.05) is 6.07 Å². The molecule has 0 fully saturated rings. The molecular formula is C16H12N4. The van der Waals surface area contributed by atoms with Crippen LogP contribution in [0.1, 0.15) is 5.56 Å². The lowest BCUT2D eigenvalue weighted by molar-refractivity contribution is 1.41. The van der Waals surface area contributed by atoms with Crippen molar-refractivity contribution in [2.24, 2.45) is 0 Å². The number of pyridine rings is 1. The number of anilines is 3. The Labute approximate surface area is 116 Å². The quantitative estimate of drug-likeness (QED) is 0.692. The van der Waals surface area contributed by atoms with Gasteiger partial charge < -0.3 is 11.1 Å². The molecule has 1 aromatic heterocycles. The summed E-state index contributed by atoms with van der Waals surface area (Å²) in [7, 11) is 0. The molecule has 4 heteroatoms. The van der Waals surface area contributed by atoms with Crippen molar-refractivity contribution < 1.29 is 0 Å². The van der Waals surface area contributed by atoms with E-state index in [1.807, 2.05) is 36.4 Å². The van der Waals surface area contributed by atoms with Crippen molar-refractivity contribution in [3.63, 3.8) is 0 Å². The Hall–Kier alpha value is -3.06. The third-order valence-corrected chi connectivity index (χ3v) is 3.10. The molecule has 3 rings (SSSR count). The Morgan fingerprint density at radius 2 is 2.00 bits per heavy atom. The summed E-state index contributed by atoms with van der Waals surface area (Å²) < 4.78 is 0. The second-order valence-corrected chi connectivity index (χ2v) is 4.41. The first-order chi connectivity index (χ1) is 9.78. The molecule has 0 saturated heterocycles. The fourth-order valence-corrected chi connectivity index (χ4v) is 2.11. The van der Waals surface area contributed by atoms with Crippen LogP contribution in [0, 0.1) is 11.3 Å². The number of nitriles is 1. The number of nitrogen functional groups attached to an aromatic ring is 1. The van der Waals surface area contributed by atoms with E-state index in [9.17, 15) is 0 Å². The molecule has 3 aromatic rings. The number of nitrogens with zero attached hydrogens (tertiary/aromatic N) is 2. The van der Waals surface area contributed by atoms with E-state index < -0.39 is 0 Å². The van der Waals surface area contributed by atoms with Crippen LogP contribution in [0.2, 0.25) is 0 Å². The van der Waals surface area contributed by atoms with Crippen molar-refractivity contribution in [1.29, 1.82) is 5.26 Å². The van der Waals surface area contributed by atoms with Crippen molar-refractivity contribution in [3.8, 4) is 6.07 Å². The number of fused-ring (bicyclic) bond motifs is 1. The molecule has 0 spiro atoms. The van der Waals surface area contributed by atoms with Gasteiger partial charge in [-0.25, -0.2) is 0 Å². The van der Waals surface area contributed by atoms with Crippen LogP contribution in [0.3, 0.4) is 0 Å². The first-order valence-corrected chi connectivity index (χ1v) is 6.18. The molecule has 0 bridgehead atoms. The molecule has 2 aromatic carbocycles. The lowest BCUT2D eigenvalue weighted by Crippen LogP contribution is -1.98. The Bertz CT molecular complexity index is 818. The van der Waals surface area contributed by atoms with E-state index in [1.54, 1.807) is 18.3 Å². The molecule has 0 saturated carbocycles. The number of hydrogen-bond acceptors (Lipinski definition) is 4. The number of hydrogen-bond donors (Lipinski definition) is 2. The van der Waals surface area contributed by atoms with Crippen LogP contribution in [0.15, 0.2) is 54.7 Å². The second-order valence-electron chi connectivity index (χ2n) is 4.41. The molecule has 1 heterocycles. The number of nitrogens with two attached hydrogens (primary N) is 1. The van der Waals surface area contributed by atoms with Crippen molar-refractivity contribution in [3.05, 3.63) is 60.3 Å². The highest BCUT2D eigenvalue weighted by molar-refractivity contribution is 5.97. The average molecular weight is 260 g/mol. The summed E-state index contributed by atoms with van der Waals surface area (Å²) in [5, 5.41) is 13.1. The first kappa shape index (κ1) is 12.0. The zero-order valence-electron chi connectivity index (χ0n) is 10.7. The van der Waals surface area contributed by atoms with Crippen molar-refractivity contribution in [2.45, 2.75) is 0 Å². The van der Waals surface area contributed by atoms with E-state index in [1.165, 1.54) is 0 Å². The number of benzene rings is 2. The van der Waals surface area contributed by atoms with Gasteiger partial charge in [0.05, 0.1) is 28.5 Å². The summed E-state index contributed by atoms with van der Waals surface area (Å²) in [4.78, 5) is 4.27. The number of aromatic nitrogens is 1. The van der Waals surface area contributed by atoms with Gasteiger partial charge in [0.2, 0.25) is 0 Å². The molecule has 20 heavy (non-hydrogen) atoms. The molecule has 3 N–H and O–H groups in total. The van der Waals surface area contributed by atoms with E-state index >= 15 is 0 Å². The predicted molar refractivity (Wildman–Crippen MR) is 80.6 cm³/mol. The van der Waals surface area contributed by atoms with Gasteiger partial charge in [-0.15, -0.1) is 0 Å². The average Bonchev–Trinajstić information content (AvgIpc) is 2.50. The highest BCUT2D eigenvalue weighted by Gasteiger charge is 2.05. The summed E-state index contributed by atoms with van der Waals surface area (Å²) in [6.45, 7) is 0. The number of rotatable bonds is 2. The minimum atomic E-state index is 0.607. The summed E-state index contributed by atoms with van der Waals surface area (Å²) in [5.74, 6) is 0. The van der Waals surface area contributed by atoms with Crippen LogP contribution < -0.4 is 11.1 Å². The van der Waals surface area contributed by atoms with E-state index in [-0.39, 0.29) is 0 Å². The smallest absolute Gasteiger partial charge is 0.0992 e. The highest BCUT2D eigenvalue weighted by atomic mass is 14.9. The molecule has 0 radical (unpaired) electrons. The third kappa shape index (κ3) is 2.13. The van der Waals surface area contributed by atoms with Gasteiger partial charge >= 0.3 is 0 Å². The van der Waals surface area contributed by atoms with Crippen LogP contribution in [0.5, 0.6) is 0 Å². The topological polar surface area (TPSA) is 74.7 Å². The Balaban J connectivity index is 2.02. The van der Waals surface area contributed by atoms with Crippen molar-refractivity contribution in [2.75, 3.05) is 11.1 Å². The van der Waals surface area contributed by atoms with Crippen LogP contribution in [0.25, 0.3) is 10.9 Å². The number of nitrogens with one attached hydrogen (secondary N) is 1. The minimum Gasteiger partial charge on any atom is -0.396 e. The summed E-state index contributed by atoms with van der Waals surface area (Å²) in [6.07, 6.45) is 1.74. The van der Waals surface area contributed by atoms with Gasteiger partial charge in [0.1, 0.15) is 0 Å². The summed E-state index contributed by atoms with van der Waals surface area (Å²) in [5.41, 5.74) is 9.93. The fourth-order valence-electron chi connectivity index (χ4n) is 2.11. The molecule has 0 amide bonds. The summed E-state index contributed by atoms with van der Waals surface area (Å²) in [6, 6.07) is 17.0. The monoisotopic (exact) mass is 260 g/mol. The van der Waals surface area contributed by atoms with Gasteiger partial charge in [-0.2, -0.15) is 5.26 Å². The van der Waals surface area contributed by atoms with Gasteiger partial charge in [0.15, 0.2) is 0 Å². The standard InChI is InChI=1S/C16H12N4/c17-10-11-3-1-4-12(9-11)20-15-7-6-14-13(16(15)18)5-2-8-19-14/h1-9,20H,18H2. The van der Waals surface area contributed by atoms with Crippen LogP contribution in [-0.2, 0) is 0 Å². The lowest BCUT2D eigenvalue weighted by atomic mass is 10.1. The molecule has 96 valence electrons. The maximum atomic E-state index is 8.91. The summed E-state index contributed by atoms with van der Waals surface area (Å²) >= 11 is 0. The molecule has 0 unspecified atom stereocenters. The van der Waals surface area contributed by atoms with E-state index in [4.69, 9.17) is 11.0 Å². The maximum Gasteiger partial charge on any atom is 0.0992 e. The highest BCUT2D eigenvalue weighted by Crippen LogP contribution is 2.29. The third-order valence-electron chi connectivity index (χ3n) is 3.10. The van der Waals surface area contributed by atoms with Crippen LogP contribution in [0.4, 0.5) is 17.1 Å². The van der Waals surface area contributed by atoms with E-state index in [2.05, 4.69) is 16.4 Å². The molecule has 0 aliphatic heterocycles. The zero-order valence-corrected chi connectivity index (χ0v) is 10.7. The normalized spacial score (nSPS) is 10.2. The maximum absolute atomic E-state index is 8.91. The second kappa shape index (κ2) is 4.90. The SMILES string of the molecule is N#Cc1cccc(Nc2ccc3ncccc3c2N)c1. The molecule has 0 atom stereocenters. The van der Waals surface area contributed by atoms with Gasteiger partial charge in [-0.05, 0) is 42.5 Å². The zero-order chi connectivity index (χ0) is 13.9. The van der Waals surface area contributed by atoms with E-state index in [0.717, 1.165) is 22.3 Å². The fraction of sp³-hybridized carbons (Fsp3) is 0.